The van der Waals surface area contributed by atoms with E-state index >= 15 is 0 Å². The molecule has 0 unspecified atom stereocenters. The first kappa shape index (κ1) is 15.3. The summed E-state index contributed by atoms with van der Waals surface area (Å²) in [6, 6.07) is 2.32. The minimum absolute atomic E-state index is 0.212. The van der Waals surface area contributed by atoms with Crippen molar-refractivity contribution in [2.24, 2.45) is 7.05 Å². The Morgan fingerprint density at radius 3 is 2.91 bits per heavy atom. The monoisotopic (exact) mass is 317 g/mol. The number of carbonyl (C=O) groups is 1. The molecule has 0 bridgehead atoms. The van der Waals surface area contributed by atoms with Crippen molar-refractivity contribution in [3.05, 3.63) is 39.3 Å². The zero-order valence-corrected chi connectivity index (χ0v) is 14.3. The van der Waals surface area contributed by atoms with Gasteiger partial charge in [-0.1, -0.05) is 0 Å². The van der Waals surface area contributed by atoms with Crippen molar-refractivity contribution in [1.82, 2.24) is 14.7 Å². The maximum absolute atomic E-state index is 12.7. The Kier molecular flexibility index (Phi) is 4.34. The molecule has 118 valence electrons. The number of likely N-dealkylation sites (tertiary alicyclic amines) is 1. The van der Waals surface area contributed by atoms with E-state index in [0.29, 0.717) is 6.42 Å². The van der Waals surface area contributed by atoms with E-state index in [1.807, 2.05) is 11.7 Å². The van der Waals surface area contributed by atoms with Crippen LogP contribution in [0.2, 0.25) is 0 Å². The standard InChI is InChI=1S/C17H23N3OS/c1-12-17(13(2)19(3)18-12)15-5-4-9-20(15)16(21)7-6-14-8-10-22-11-14/h8,10-11,15H,4-7,9H2,1-3H3/t15-/m1/s1. The van der Waals surface area contributed by atoms with Gasteiger partial charge in [-0.15, -0.1) is 0 Å². The summed E-state index contributed by atoms with van der Waals surface area (Å²) in [5.41, 5.74) is 4.76. The van der Waals surface area contributed by atoms with E-state index in [-0.39, 0.29) is 11.9 Å². The zero-order chi connectivity index (χ0) is 15.7. The molecule has 0 aliphatic carbocycles. The summed E-state index contributed by atoms with van der Waals surface area (Å²) in [6.07, 6.45) is 3.59. The number of thiophene rings is 1. The van der Waals surface area contributed by atoms with Gasteiger partial charge in [-0.25, -0.2) is 0 Å². The zero-order valence-electron chi connectivity index (χ0n) is 13.5. The molecule has 0 saturated carbocycles. The number of amides is 1. The number of nitrogens with zero attached hydrogens (tertiary/aromatic N) is 3. The normalized spacial score (nSPS) is 18.1. The number of aryl methyl sites for hydroxylation is 3. The van der Waals surface area contributed by atoms with Gasteiger partial charge in [0, 0.05) is 31.3 Å². The summed E-state index contributed by atoms with van der Waals surface area (Å²) < 4.78 is 1.93. The molecule has 3 rings (SSSR count). The summed E-state index contributed by atoms with van der Waals surface area (Å²) in [5.74, 6) is 0.274. The van der Waals surface area contributed by atoms with Crippen LogP contribution in [-0.2, 0) is 18.3 Å². The van der Waals surface area contributed by atoms with Gasteiger partial charge in [0.05, 0.1) is 11.7 Å². The highest BCUT2D eigenvalue weighted by Crippen LogP contribution is 2.35. The molecule has 22 heavy (non-hydrogen) atoms. The summed E-state index contributed by atoms with van der Waals surface area (Å²) in [6.45, 7) is 5.03. The lowest BCUT2D eigenvalue weighted by atomic mass is 10.0. The minimum Gasteiger partial charge on any atom is -0.336 e. The second-order valence-electron chi connectivity index (χ2n) is 6.08. The second kappa shape index (κ2) is 6.24. The lowest BCUT2D eigenvalue weighted by Crippen LogP contribution is -2.31. The van der Waals surface area contributed by atoms with Crippen LogP contribution in [0, 0.1) is 13.8 Å². The topological polar surface area (TPSA) is 38.1 Å². The van der Waals surface area contributed by atoms with Crippen LogP contribution >= 0.6 is 11.3 Å². The number of carbonyl (C=O) groups excluding carboxylic acids is 1. The Balaban J connectivity index is 1.73. The van der Waals surface area contributed by atoms with Crippen molar-refractivity contribution >= 4 is 17.2 Å². The molecular formula is C17H23N3OS. The van der Waals surface area contributed by atoms with Crippen molar-refractivity contribution in [3.8, 4) is 0 Å². The van der Waals surface area contributed by atoms with Crippen LogP contribution in [0.15, 0.2) is 16.8 Å². The molecule has 2 aromatic heterocycles. The molecular weight excluding hydrogens is 294 g/mol. The van der Waals surface area contributed by atoms with E-state index < -0.39 is 0 Å². The van der Waals surface area contributed by atoms with E-state index in [0.717, 1.165) is 31.5 Å². The lowest BCUT2D eigenvalue weighted by Gasteiger charge is -2.25. The molecule has 1 aliphatic rings. The number of rotatable bonds is 4. The van der Waals surface area contributed by atoms with E-state index in [1.54, 1.807) is 11.3 Å². The first-order valence-electron chi connectivity index (χ1n) is 7.88. The van der Waals surface area contributed by atoms with Crippen LogP contribution in [-0.4, -0.2) is 27.1 Å². The second-order valence-corrected chi connectivity index (χ2v) is 6.86. The van der Waals surface area contributed by atoms with Gasteiger partial charge in [-0.2, -0.15) is 16.4 Å². The van der Waals surface area contributed by atoms with Gasteiger partial charge >= 0.3 is 0 Å². The molecule has 5 heteroatoms. The summed E-state index contributed by atoms with van der Waals surface area (Å²) >= 11 is 1.69. The Bertz CT molecular complexity index is 660. The first-order chi connectivity index (χ1) is 10.6. The van der Waals surface area contributed by atoms with Gasteiger partial charge in [-0.3, -0.25) is 9.48 Å². The minimum atomic E-state index is 0.212. The van der Waals surface area contributed by atoms with E-state index in [2.05, 4.69) is 40.7 Å². The van der Waals surface area contributed by atoms with Gasteiger partial charge in [-0.05, 0) is 55.5 Å². The van der Waals surface area contributed by atoms with Crippen LogP contribution in [0.3, 0.4) is 0 Å². The summed E-state index contributed by atoms with van der Waals surface area (Å²) in [5, 5.41) is 8.72. The van der Waals surface area contributed by atoms with Crippen molar-refractivity contribution < 1.29 is 4.79 Å². The predicted molar refractivity (Wildman–Crippen MR) is 89.0 cm³/mol. The Morgan fingerprint density at radius 2 is 2.27 bits per heavy atom. The highest BCUT2D eigenvalue weighted by Gasteiger charge is 2.33. The van der Waals surface area contributed by atoms with Gasteiger partial charge in [0.15, 0.2) is 0 Å². The van der Waals surface area contributed by atoms with E-state index in [4.69, 9.17) is 0 Å². The number of hydrogen-bond acceptors (Lipinski definition) is 3. The summed E-state index contributed by atoms with van der Waals surface area (Å²) in [4.78, 5) is 14.7. The molecule has 4 nitrogen and oxygen atoms in total. The van der Waals surface area contributed by atoms with Crippen LogP contribution in [0.5, 0.6) is 0 Å². The van der Waals surface area contributed by atoms with Crippen LogP contribution < -0.4 is 0 Å². The highest BCUT2D eigenvalue weighted by molar-refractivity contribution is 7.07. The Hall–Kier alpha value is -1.62. The molecule has 1 amide bonds. The molecule has 1 atom stereocenters. The lowest BCUT2D eigenvalue weighted by molar-refractivity contribution is -0.132. The third kappa shape index (κ3) is 2.82. The third-order valence-electron chi connectivity index (χ3n) is 4.68. The van der Waals surface area contributed by atoms with Gasteiger partial charge in [0.2, 0.25) is 5.91 Å². The molecule has 0 radical (unpaired) electrons. The highest BCUT2D eigenvalue weighted by atomic mass is 32.1. The summed E-state index contributed by atoms with van der Waals surface area (Å²) in [7, 11) is 1.98. The fourth-order valence-corrected chi connectivity index (χ4v) is 4.17. The molecule has 1 saturated heterocycles. The van der Waals surface area contributed by atoms with E-state index in [1.165, 1.54) is 16.8 Å². The SMILES string of the molecule is Cc1nn(C)c(C)c1[C@H]1CCCN1C(=O)CCc1ccsc1. The third-order valence-corrected chi connectivity index (χ3v) is 5.41. The van der Waals surface area contributed by atoms with Crippen molar-refractivity contribution in [2.45, 2.75) is 45.6 Å². The average molecular weight is 317 g/mol. The predicted octanol–water partition coefficient (Wildman–Crippen LogP) is 3.39. The molecule has 1 aliphatic heterocycles. The number of hydrogen-bond donors (Lipinski definition) is 0. The molecule has 1 fully saturated rings. The quantitative estimate of drug-likeness (QED) is 0.867. The molecule has 0 aromatic carbocycles. The molecule has 3 heterocycles. The van der Waals surface area contributed by atoms with Gasteiger partial charge < -0.3 is 4.90 Å². The first-order valence-corrected chi connectivity index (χ1v) is 8.83. The maximum Gasteiger partial charge on any atom is 0.223 e. The van der Waals surface area contributed by atoms with Gasteiger partial charge in [0.1, 0.15) is 0 Å². The molecule has 0 N–H and O–H groups in total. The molecule has 0 spiro atoms. The fraction of sp³-hybridized carbons (Fsp3) is 0.529. The van der Waals surface area contributed by atoms with Crippen LogP contribution in [0.25, 0.3) is 0 Å². The Labute approximate surface area is 135 Å². The van der Waals surface area contributed by atoms with Crippen LogP contribution in [0.1, 0.15) is 47.8 Å². The van der Waals surface area contributed by atoms with Crippen molar-refractivity contribution in [2.75, 3.05) is 6.54 Å². The smallest absolute Gasteiger partial charge is 0.223 e. The number of aromatic nitrogens is 2. The largest absolute Gasteiger partial charge is 0.336 e. The van der Waals surface area contributed by atoms with Crippen molar-refractivity contribution in [3.63, 3.8) is 0 Å². The molecule has 2 aromatic rings. The Morgan fingerprint density at radius 1 is 1.45 bits per heavy atom. The van der Waals surface area contributed by atoms with Gasteiger partial charge in [0.25, 0.3) is 0 Å². The van der Waals surface area contributed by atoms with Crippen molar-refractivity contribution in [1.29, 1.82) is 0 Å². The average Bonchev–Trinajstić information content (AvgIpc) is 3.19. The maximum atomic E-state index is 12.7. The van der Waals surface area contributed by atoms with Crippen LogP contribution in [0.4, 0.5) is 0 Å². The fourth-order valence-electron chi connectivity index (χ4n) is 3.47. The van der Waals surface area contributed by atoms with E-state index in [9.17, 15) is 4.79 Å².